The number of benzene rings is 1. The number of hydrogen-bond donors (Lipinski definition) is 1. The topological polar surface area (TPSA) is 24.5 Å². The zero-order valence-corrected chi connectivity index (χ0v) is 9.71. The second-order valence-corrected chi connectivity index (χ2v) is 4.14. The van der Waals surface area contributed by atoms with Crippen LogP contribution in [0.5, 0.6) is 5.75 Å². The van der Waals surface area contributed by atoms with Crippen molar-refractivity contribution < 1.29 is 4.74 Å². The van der Waals surface area contributed by atoms with Crippen molar-refractivity contribution in [3.05, 3.63) is 23.2 Å². The van der Waals surface area contributed by atoms with Gasteiger partial charge in [-0.15, -0.1) is 0 Å². The second-order valence-electron chi connectivity index (χ2n) is 3.71. The first kappa shape index (κ1) is 10.6. The first-order valence-electron chi connectivity index (χ1n) is 5.00. The first-order chi connectivity index (χ1) is 7.24. The highest BCUT2D eigenvalue weighted by Gasteiger charge is 2.27. The predicted molar refractivity (Wildman–Crippen MR) is 63.1 cm³/mol. The van der Waals surface area contributed by atoms with Crippen LogP contribution in [-0.4, -0.2) is 33.3 Å². The summed E-state index contributed by atoms with van der Waals surface area (Å²) in [6.07, 6.45) is 0. The van der Waals surface area contributed by atoms with Crippen LogP contribution >= 0.6 is 11.6 Å². The molecule has 82 valence electrons. The molecule has 0 aliphatic carbocycles. The molecular formula is C11H15ClN2O. The van der Waals surface area contributed by atoms with Crippen molar-refractivity contribution in [1.82, 2.24) is 5.32 Å². The Balaban J connectivity index is 2.17. The number of halogens is 1. The van der Waals surface area contributed by atoms with Gasteiger partial charge in [-0.25, -0.2) is 0 Å². The van der Waals surface area contributed by atoms with E-state index in [1.54, 1.807) is 7.11 Å². The van der Waals surface area contributed by atoms with Crippen molar-refractivity contribution in [3.63, 3.8) is 0 Å². The number of rotatable bonds is 3. The Hall–Kier alpha value is -0.930. The Morgan fingerprint density at radius 2 is 2.20 bits per heavy atom. The maximum atomic E-state index is 5.97. The van der Waals surface area contributed by atoms with E-state index in [4.69, 9.17) is 16.3 Å². The van der Waals surface area contributed by atoms with Crippen LogP contribution in [0.3, 0.4) is 0 Å². The number of methoxy groups -OCH3 is 1. The highest BCUT2D eigenvalue weighted by molar-refractivity contribution is 6.30. The minimum Gasteiger partial charge on any atom is -0.495 e. The summed E-state index contributed by atoms with van der Waals surface area (Å²) < 4.78 is 5.31. The van der Waals surface area contributed by atoms with Gasteiger partial charge in [0.15, 0.2) is 0 Å². The lowest BCUT2D eigenvalue weighted by Gasteiger charge is -2.41. The highest BCUT2D eigenvalue weighted by Crippen LogP contribution is 2.33. The van der Waals surface area contributed by atoms with E-state index in [1.165, 1.54) is 0 Å². The van der Waals surface area contributed by atoms with E-state index in [9.17, 15) is 0 Å². The number of hydrogen-bond acceptors (Lipinski definition) is 3. The smallest absolute Gasteiger partial charge is 0.142 e. The van der Waals surface area contributed by atoms with E-state index in [2.05, 4.69) is 10.2 Å². The van der Waals surface area contributed by atoms with Gasteiger partial charge in [0.05, 0.1) is 12.8 Å². The van der Waals surface area contributed by atoms with E-state index in [1.807, 2.05) is 25.2 Å². The summed E-state index contributed by atoms with van der Waals surface area (Å²) >= 11 is 5.97. The van der Waals surface area contributed by atoms with Crippen LogP contribution in [0.15, 0.2) is 18.2 Å². The molecule has 0 saturated carbocycles. The molecule has 2 rings (SSSR count). The fourth-order valence-electron chi connectivity index (χ4n) is 1.77. The van der Waals surface area contributed by atoms with Crippen molar-refractivity contribution in [2.24, 2.45) is 0 Å². The monoisotopic (exact) mass is 226 g/mol. The van der Waals surface area contributed by atoms with Crippen LogP contribution in [0.4, 0.5) is 5.69 Å². The molecule has 1 aromatic rings. The zero-order valence-electron chi connectivity index (χ0n) is 8.96. The lowest BCUT2D eigenvalue weighted by atomic mass is 10.1. The molecule has 0 spiro atoms. The van der Waals surface area contributed by atoms with E-state index < -0.39 is 0 Å². The molecule has 0 amide bonds. The molecule has 1 saturated heterocycles. The largest absolute Gasteiger partial charge is 0.495 e. The van der Waals surface area contributed by atoms with Gasteiger partial charge in [-0.2, -0.15) is 0 Å². The van der Waals surface area contributed by atoms with Gasteiger partial charge in [-0.05, 0) is 25.2 Å². The Morgan fingerprint density at radius 1 is 1.47 bits per heavy atom. The van der Waals surface area contributed by atoms with Gasteiger partial charge in [-0.1, -0.05) is 11.6 Å². The summed E-state index contributed by atoms with van der Waals surface area (Å²) in [6, 6.07) is 6.28. The summed E-state index contributed by atoms with van der Waals surface area (Å²) in [6.45, 7) is 2.01. The average molecular weight is 227 g/mol. The standard InChI is InChI=1S/C11H15ClN2O/c1-13-9-6-14(7-9)10-5-8(12)3-4-11(10)15-2/h3-5,9,13H,6-7H2,1-2H3. The number of anilines is 1. The SMILES string of the molecule is CNC1CN(c2cc(Cl)ccc2OC)C1. The van der Waals surface area contributed by atoms with Crippen LogP contribution in [0, 0.1) is 0 Å². The Morgan fingerprint density at radius 3 is 2.80 bits per heavy atom. The molecule has 0 atom stereocenters. The Bertz CT molecular complexity index is 350. The molecule has 1 aliphatic rings. The van der Waals surface area contributed by atoms with Gasteiger partial charge in [0.2, 0.25) is 0 Å². The minimum atomic E-state index is 0.577. The first-order valence-corrected chi connectivity index (χ1v) is 5.38. The van der Waals surface area contributed by atoms with E-state index >= 15 is 0 Å². The molecular weight excluding hydrogens is 212 g/mol. The fourth-order valence-corrected chi connectivity index (χ4v) is 1.93. The van der Waals surface area contributed by atoms with Crippen LogP contribution in [0.2, 0.25) is 5.02 Å². The molecule has 1 N–H and O–H groups in total. The zero-order chi connectivity index (χ0) is 10.8. The number of ether oxygens (including phenoxy) is 1. The molecule has 1 aromatic carbocycles. The quantitative estimate of drug-likeness (QED) is 0.850. The highest BCUT2D eigenvalue weighted by atomic mass is 35.5. The lowest BCUT2D eigenvalue weighted by molar-refractivity contribution is 0.402. The van der Waals surface area contributed by atoms with Crippen LogP contribution < -0.4 is 15.0 Å². The Labute approximate surface area is 95.0 Å². The molecule has 1 heterocycles. The Kier molecular flexibility index (Phi) is 3.03. The van der Waals surface area contributed by atoms with Crippen LogP contribution in [0.1, 0.15) is 0 Å². The number of likely N-dealkylation sites (N-methyl/N-ethyl adjacent to an activating group) is 1. The van der Waals surface area contributed by atoms with Gasteiger partial charge in [0.1, 0.15) is 5.75 Å². The normalized spacial score (nSPS) is 16.3. The van der Waals surface area contributed by atoms with Crippen LogP contribution in [0.25, 0.3) is 0 Å². The fraction of sp³-hybridized carbons (Fsp3) is 0.455. The predicted octanol–water partition coefficient (Wildman–Crippen LogP) is 1.76. The van der Waals surface area contributed by atoms with Crippen molar-refractivity contribution in [1.29, 1.82) is 0 Å². The molecule has 4 heteroatoms. The maximum absolute atomic E-state index is 5.97. The molecule has 15 heavy (non-hydrogen) atoms. The molecule has 0 aromatic heterocycles. The minimum absolute atomic E-state index is 0.577. The van der Waals surface area contributed by atoms with E-state index in [-0.39, 0.29) is 0 Å². The summed E-state index contributed by atoms with van der Waals surface area (Å²) in [5.74, 6) is 0.883. The molecule has 0 radical (unpaired) electrons. The number of nitrogens with zero attached hydrogens (tertiary/aromatic N) is 1. The van der Waals surface area contributed by atoms with Gasteiger partial charge >= 0.3 is 0 Å². The summed E-state index contributed by atoms with van der Waals surface area (Å²) in [7, 11) is 3.67. The molecule has 1 fully saturated rings. The summed E-state index contributed by atoms with van der Waals surface area (Å²) in [5, 5.41) is 3.99. The maximum Gasteiger partial charge on any atom is 0.142 e. The van der Waals surface area contributed by atoms with Gasteiger partial charge in [-0.3, -0.25) is 0 Å². The molecule has 0 unspecified atom stereocenters. The van der Waals surface area contributed by atoms with Gasteiger partial charge in [0.25, 0.3) is 0 Å². The van der Waals surface area contributed by atoms with Crippen molar-refractivity contribution in [2.45, 2.75) is 6.04 Å². The summed E-state index contributed by atoms with van der Waals surface area (Å²) in [5.41, 5.74) is 1.08. The summed E-state index contributed by atoms with van der Waals surface area (Å²) in [4.78, 5) is 2.26. The second kappa shape index (κ2) is 4.29. The average Bonchev–Trinajstić information content (AvgIpc) is 2.16. The van der Waals surface area contributed by atoms with E-state index in [0.29, 0.717) is 6.04 Å². The third-order valence-corrected chi connectivity index (χ3v) is 3.01. The van der Waals surface area contributed by atoms with Gasteiger partial charge in [0, 0.05) is 24.2 Å². The van der Waals surface area contributed by atoms with E-state index in [0.717, 1.165) is 29.5 Å². The van der Waals surface area contributed by atoms with Crippen molar-refractivity contribution in [3.8, 4) is 5.75 Å². The molecule has 1 aliphatic heterocycles. The lowest BCUT2D eigenvalue weighted by Crippen LogP contribution is -2.57. The molecule has 0 bridgehead atoms. The van der Waals surface area contributed by atoms with Crippen molar-refractivity contribution in [2.75, 3.05) is 32.1 Å². The van der Waals surface area contributed by atoms with Crippen molar-refractivity contribution >= 4 is 17.3 Å². The van der Waals surface area contributed by atoms with Gasteiger partial charge < -0.3 is 15.0 Å². The third-order valence-electron chi connectivity index (χ3n) is 2.77. The molecule has 3 nitrogen and oxygen atoms in total. The third kappa shape index (κ3) is 2.03. The van der Waals surface area contributed by atoms with Crippen LogP contribution in [-0.2, 0) is 0 Å². The number of nitrogens with one attached hydrogen (secondary N) is 1.